The van der Waals surface area contributed by atoms with Gasteiger partial charge in [0, 0.05) is 12.1 Å². The first kappa shape index (κ1) is 16.2. The van der Waals surface area contributed by atoms with Crippen molar-refractivity contribution in [3.05, 3.63) is 35.4 Å². The van der Waals surface area contributed by atoms with Gasteiger partial charge in [-0.25, -0.2) is 0 Å². The molecule has 1 aromatic carbocycles. The number of nitrogens with one attached hydrogen (secondary N) is 1. The molecule has 0 aromatic heterocycles. The van der Waals surface area contributed by atoms with E-state index >= 15 is 0 Å². The Morgan fingerprint density at radius 2 is 1.79 bits per heavy atom. The lowest BCUT2D eigenvalue weighted by molar-refractivity contribution is 0.208. The normalized spacial score (nSPS) is 14.6. The number of unbranched alkanes of at least 4 members (excludes halogenated alkanes) is 2. The van der Waals surface area contributed by atoms with E-state index in [4.69, 9.17) is 0 Å². The summed E-state index contributed by atoms with van der Waals surface area (Å²) in [5.41, 5.74) is 2.70. The maximum atomic E-state index is 3.47. The van der Waals surface area contributed by atoms with Crippen molar-refractivity contribution in [2.75, 3.05) is 20.6 Å². The van der Waals surface area contributed by atoms with E-state index in [0.717, 1.165) is 0 Å². The van der Waals surface area contributed by atoms with Crippen LogP contribution >= 0.6 is 0 Å². The summed E-state index contributed by atoms with van der Waals surface area (Å²) in [6, 6.07) is 9.78. The largest absolute Gasteiger partial charge is 0.312 e. The summed E-state index contributed by atoms with van der Waals surface area (Å²) in [5.74, 6) is 0. The van der Waals surface area contributed by atoms with Crippen LogP contribution in [0.1, 0.15) is 50.3 Å². The van der Waals surface area contributed by atoms with Crippen molar-refractivity contribution in [2.24, 2.45) is 0 Å². The SMILES string of the molecule is CCCCCN(C)C(C)C(NC)c1ccc(C)cc1. The van der Waals surface area contributed by atoms with Crippen molar-refractivity contribution < 1.29 is 0 Å². The fraction of sp³-hybridized carbons (Fsp3) is 0.647. The second kappa shape index (κ2) is 8.34. The van der Waals surface area contributed by atoms with Crippen LogP contribution in [0.15, 0.2) is 24.3 Å². The molecule has 2 heteroatoms. The van der Waals surface area contributed by atoms with Crippen LogP contribution in [0.5, 0.6) is 0 Å². The first-order valence-corrected chi connectivity index (χ1v) is 7.54. The highest BCUT2D eigenvalue weighted by molar-refractivity contribution is 5.25. The summed E-state index contributed by atoms with van der Waals surface area (Å²) < 4.78 is 0. The lowest BCUT2D eigenvalue weighted by Gasteiger charge is -2.32. The number of hydrogen-bond donors (Lipinski definition) is 1. The minimum absolute atomic E-state index is 0.396. The molecule has 0 saturated carbocycles. The molecule has 0 aliphatic carbocycles. The molecule has 0 aliphatic rings. The van der Waals surface area contributed by atoms with E-state index in [1.54, 1.807) is 0 Å². The topological polar surface area (TPSA) is 15.3 Å². The first-order valence-electron chi connectivity index (χ1n) is 7.54. The van der Waals surface area contributed by atoms with Crippen LogP contribution in [0.3, 0.4) is 0 Å². The molecule has 1 rings (SSSR count). The molecule has 0 radical (unpaired) electrons. The average Bonchev–Trinajstić information content (AvgIpc) is 2.41. The molecule has 2 nitrogen and oxygen atoms in total. The minimum atomic E-state index is 0.396. The van der Waals surface area contributed by atoms with Crippen molar-refractivity contribution in [1.29, 1.82) is 0 Å². The molecule has 0 bridgehead atoms. The van der Waals surface area contributed by atoms with Gasteiger partial charge in [0.1, 0.15) is 0 Å². The Balaban J connectivity index is 2.65. The summed E-state index contributed by atoms with van der Waals surface area (Å²) in [6.45, 7) is 7.89. The second-order valence-corrected chi connectivity index (χ2v) is 5.61. The Morgan fingerprint density at radius 3 is 2.32 bits per heavy atom. The third kappa shape index (κ3) is 4.96. The van der Waals surface area contributed by atoms with Crippen molar-refractivity contribution in [3.63, 3.8) is 0 Å². The fourth-order valence-electron chi connectivity index (χ4n) is 2.53. The predicted octanol–water partition coefficient (Wildman–Crippen LogP) is 3.77. The molecule has 2 atom stereocenters. The van der Waals surface area contributed by atoms with Crippen LogP contribution in [0.25, 0.3) is 0 Å². The van der Waals surface area contributed by atoms with Crippen LogP contribution in [0.2, 0.25) is 0 Å². The maximum absolute atomic E-state index is 3.47. The molecule has 1 N–H and O–H groups in total. The number of rotatable bonds is 8. The smallest absolute Gasteiger partial charge is 0.0472 e. The quantitative estimate of drug-likeness (QED) is 0.718. The third-order valence-corrected chi connectivity index (χ3v) is 4.04. The van der Waals surface area contributed by atoms with Gasteiger partial charge in [-0.05, 0) is 46.5 Å². The van der Waals surface area contributed by atoms with E-state index in [0.29, 0.717) is 12.1 Å². The molecule has 0 heterocycles. The standard InChI is InChI=1S/C17H30N2/c1-6-7-8-13-19(5)15(3)17(18-4)16-11-9-14(2)10-12-16/h9-12,15,17-18H,6-8,13H2,1-5H3. The van der Waals surface area contributed by atoms with Crippen LogP contribution < -0.4 is 5.32 Å². The zero-order chi connectivity index (χ0) is 14.3. The molecular weight excluding hydrogens is 232 g/mol. The molecular formula is C17H30N2. The summed E-state index contributed by atoms with van der Waals surface area (Å²) in [4.78, 5) is 2.47. The van der Waals surface area contributed by atoms with Gasteiger partial charge >= 0.3 is 0 Å². The zero-order valence-electron chi connectivity index (χ0n) is 13.2. The highest BCUT2D eigenvalue weighted by Crippen LogP contribution is 2.20. The van der Waals surface area contributed by atoms with E-state index in [1.165, 1.54) is 36.9 Å². The lowest BCUT2D eigenvalue weighted by atomic mass is 9.98. The molecule has 0 fully saturated rings. The fourth-order valence-corrected chi connectivity index (χ4v) is 2.53. The monoisotopic (exact) mass is 262 g/mol. The minimum Gasteiger partial charge on any atom is -0.312 e. The van der Waals surface area contributed by atoms with Crippen LogP contribution in [-0.2, 0) is 0 Å². The van der Waals surface area contributed by atoms with Crippen LogP contribution in [-0.4, -0.2) is 31.6 Å². The van der Waals surface area contributed by atoms with Gasteiger partial charge in [0.25, 0.3) is 0 Å². The number of hydrogen-bond acceptors (Lipinski definition) is 2. The summed E-state index contributed by atoms with van der Waals surface area (Å²) >= 11 is 0. The number of aryl methyl sites for hydroxylation is 1. The Morgan fingerprint density at radius 1 is 1.16 bits per heavy atom. The van der Waals surface area contributed by atoms with Gasteiger partial charge in [0.15, 0.2) is 0 Å². The van der Waals surface area contributed by atoms with Gasteiger partial charge in [-0.3, -0.25) is 0 Å². The number of likely N-dealkylation sites (N-methyl/N-ethyl adjacent to an activating group) is 2. The molecule has 0 amide bonds. The predicted molar refractivity (Wildman–Crippen MR) is 84.6 cm³/mol. The van der Waals surface area contributed by atoms with E-state index in [-0.39, 0.29) is 0 Å². The zero-order valence-corrected chi connectivity index (χ0v) is 13.2. The van der Waals surface area contributed by atoms with Gasteiger partial charge in [-0.1, -0.05) is 49.6 Å². The van der Waals surface area contributed by atoms with Crippen molar-refractivity contribution in [3.8, 4) is 0 Å². The number of nitrogens with zero attached hydrogens (tertiary/aromatic N) is 1. The number of benzene rings is 1. The van der Waals surface area contributed by atoms with E-state index in [9.17, 15) is 0 Å². The maximum Gasteiger partial charge on any atom is 0.0472 e. The Labute approximate surface area is 119 Å². The molecule has 108 valence electrons. The van der Waals surface area contributed by atoms with E-state index in [1.807, 2.05) is 0 Å². The van der Waals surface area contributed by atoms with Crippen molar-refractivity contribution >= 4 is 0 Å². The van der Waals surface area contributed by atoms with Gasteiger partial charge in [-0.2, -0.15) is 0 Å². The Kier molecular flexibility index (Phi) is 7.11. The first-order chi connectivity index (χ1) is 9.10. The van der Waals surface area contributed by atoms with Gasteiger partial charge < -0.3 is 10.2 Å². The van der Waals surface area contributed by atoms with Crippen LogP contribution in [0.4, 0.5) is 0 Å². The Hall–Kier alpha value is -0.860. The molecule has 1 aromatic rings. The van der Waals surface area contributed by atoms with Crippen LogP contribution in [0, 0.1) is 6.92 Å². The summed E-state index contributed by atoms with van der Waals surface area (Å²) in [5, 5.41) is 3.47. The highest BCUT2D eigenvalue weighted by Gasteiger charge is 2.20. The van der Waals surface area contributed by atoms with E-state index in [2.05, 4.69) is 69.3 Å². The van der Waals surface area contributed by atoms with Gasteiger partial charge in [0.2, 0.25) is 0 Å². The molecule has 0 spiro atoms. The Bertz CT molecular complexity index is 345. The second-order valence-electron chi connectivity index (χ2n) is 5.61. The van der Waals surface area contributed by atoms with E-state index < -0.39 is 0 Å². The molecule has 19 heavy (non-hydrogen) atoms. The summed E-state index contributed by atoms with van der Waals surface area (Å²) in [7, 11) is 4.29. The highest BCUT2D eigenvalue weighted by atomic mass is 15.2. The van der Waals surface area contributed by atoms with Gasteiger partial charge in [-0.15, -0.1) is 0 Å². The molecule has 2 unspecified atom stereocenters. The van der Waals surface area contributed by atoms with Crippen molar-refractivity contribution in [2.45, 2.75) is 52.1 Å². The average molecular weight is 262 g/mol. The lowest BCUT2D eigenvalue weighted by Crippen LogP contribution is -2.40. The molecule has 0 saturated heterocycles. The van der Waals surface area contributed by atoms with Gasteiger partial charge in [0.05, 0.1) is 0 Å². The third-order valence-electron chi connectivity index (χ3n) is 4.04. The summed E-state index contributed by atoms with van der Waals surface area (Å²) in [6.07, 6.45) is 3.91. The van der Waals surface area contributed by atoms with Crippen molar-refractivity contribution in [1.82, 2.24) is 10.2 Å². The molecule has 0 aliphatic heterocycles.